The number of hydrogen-bond acceptors (Lipinski definition) is 1. The van der Waals surface area contributed by atoms with Crippen molar-refractivity contribution in [2.24, 2.45) is 0 Å². The minimum absolute atomic E-state index is 0.427. The largest absolute Gasteiger partial charge is 0.382 e. The summed E-state index contributed by atoms with van der Waals surface area (Å²) in [5, 5.41) is 3.50. The summed E-state index contributed by atoms with van der Waals surface area (Å²) >= 11 is 0. The van der Waals surface area contributed by atoms with Gasteiger partial charge in [-0.3, -0.25) is 0 Å². The van der Waals surface area contributed by atoms with Gasteiger partial charge in [0.05, 0.1) is 0 Å². The molecule has 0 amide bonds. The molecular weight excluding hydrogens is 206 g/mol. The molecule has 0 aliphatic heterocycles. The first-order chi connectivity index (χ1) is 8.21. The molecule has 1 fully saturated rings. The highest BCUT2D eigenvalue weighted by atomic mass is 14.9. The van der Waals surface area contributed by atoms with Crippen LogP contribution in [0.1, 0.15) is 19.8 Å². The molecule has 17 heavy (non-hydrogen) atoms. The molecule has 1 nitrogen and oxygen atoms in total. The van der Waals surface area contributed by atoms with E-state index in [1.54, 1.807) is 6.08 Å². The van der Waals surface area contributed by atoms with Crippen molar-refractivity contribution in [2.45, 2.75) is 25.8 Å². The third-order valence-corrected chi connectivity index (χ3v) is 2.75. The molecule has 1 unspecified atom stereocenters. The second-order valence-corrected chi connectivity index (χ2v) is 4.14. The highest BCUT2D eigenvalue weighted by molar-refractivity contribution is 5.38. The molecular formula is C16H21N. The van der Waals surface area contributed by atoms with Crippen LogP contribution in [-0.2, 0) is 0 Å². The van der Waals surface area contributed by atoms with Crippen LogP contribution in [0.25, 0.3) is 0 Å². The molecule has 1 saturated carbocycles. The highest BCUT2D eigenvalue weighted by Crippen LogP contribution is 2.29. The predicted octanol–water partition coefficient (Wildman–Crippen LogP) is 4.05. The van der Waals surface area contributed by atoms with Gasteiger partial charge in [0.25, 0.3) is 0 Å². The van der Waals surface area contributed by atoms with E-state index in [1.165, 1.54) is 11.1 Å². The van der Waals surface area contributed by atoms with E-state index in [9.17, 15) is 0 Å². The average Bonchev–Trinajstić information content (AvgIpc) is 2.61. The maximum Gasteiger partial charge on any atom is 0.0341 e. The van der Waals surface area contributed by atoms with Gasteiger partial charge in [0.15, 0.2) is 0 Å². The lowest BCUT2D eigenvalue weighted by molar-refractivity contribution is 0.614. The first kappa shape index (κ1) is 13.3. The fraction of sp³-hybridized carbons (Fsp3) is 0.250. The van der Waals surface area contributed by atoms with E-state index in [2.05, 4.69) is 37.2 Å². The monoisotopic (exact) mass is 227 g/mol. The second kappa shape index (κ2) is 6.74. The zero-order valence-electron chi connectivity index (χ0n) is 10.6. The third kappa shape index (κ3) is 3.95. The van der Waals surface area contributed by atoms with Crippen molar-refractivity contribution < 1.29 is 0 Å². The first-order valence-electron chi connectivity index (χ1n) is 5.93. The molecule has 0 aromatic rings. The van der Waals surface area contributed by atoms with Crippen LogP contribution in [0.15, 0.2) is 73.0 Å². The Morgan fingerprint density at radius 2 is 2.06 bits per heavy atom. The maximum absolute atomic E-state index is 4.09. The van der Waals surface area contributed by atoms with E-state index >= 15 is 0 Å². The molecule has 0 bridgehead atoms. The number of allylic oxidation sites excluding steroid dienone is 6. The van der Waals surface area contributed by atoms with Crippen molar-refractivity contribution >= 4 is 0 Å². The van der Waals surface area contributed by atoms with E-state index in [4.69, 9.17) is 0 Å². The molecule has 1 rings (SSSR count). The van der Waals surface area contributed by atoms with E-state index < -0.39 is 0 Å². The van der Waals surface area contributed by atoms with E-state index in [0.29, 0.717) is 6.04 Å². The molecule has 90 valence electrons. The van der Waals surface area contributed by atoms with Crippen LogP contribution < -0.4 is 5.32 Å². The Morgan fingerprint density at radius 3 is 2.65 bits per heavy atom. The van der Waals surface area contributed by atoms with Crippen LogP contribution in [0.5, 0.6) is 0 Å². The molecule has 0 saturated heterocycles. The Morgan fingerprint density at radius 1 is 1.29 bits per heavy atom. The van der Waals surface area contributed by atoms with E-state index in [1.807, 2.05) is 25.2 Å². The van der Waals surface area contributed by atoms with Gasteiger partial charge in [0, 0.05) is 11.7 Å². The Kier molecular flexibility index (Phi) is 5.28. The van der Waals surface area contributed by atoms with Crippen molar-refractivity contribution in [3.05, 3.63) is 73.0 Å². The second-order valence-electron chi connectivity index (χ2n) is 4.14. The molecule has 0 radical (unpaired) electrons. The van der Waals surface area contributed by atoms with Crippen molar-refractivity contribution in [3.63, 3.8) is 0 Å². The standard InChI is InChI=1S/C16H21N/c1-5-8-14-12-16(11-13(14)4)17-15(9-6-2)10-7-3/h5-10,16-17H,1-2,4,11-12H2,3H3/b10-7-,14-8-,15-9+. The van der Waals surface area contributed by atoms with E-state index in [0.717, 1.165) is 18.5 Å². The van der Waals surface area contributed by atoms with Gasteiger partial charge in [0.2, 0.25) is 0 Å². The summed E-state index contributed by atoms with van der Waals surface area (Å²) in [6, 6.07) is 0.427. The minimum atomic E-state index is 0.427. The quantitative estimate of drug-likeness (QED) is 0.699. The minimum Gasteiger partial charge on any atom is -0.382 e. The van der Waals surface area contributed by atoms with Crippen molar-refractivity contribution in [3.8, 4) is 0 Å². The summed E-state index contributed by atoms with van der Waals surface area (Å²) in [7, 11) is 0. The Hall–Kier alpha value is -1.76. The summed E-state index contributed by atoms with van der Waals surface area (Å²) in [5.74, 6) is 0. The van der Waals surface area contributed by atoms with Gasteiger partial charge in [-0.15, -0.1) is 0 Å². The number of nitrogens with one attached hydrogen (secondary N) is 1. The predicted molar refractivity (Wildman–Crippen MR) is 76.7 cm³/mol. The van der Waals surface area contributed by atoms with Gasteiger partial charge in [-0.25, -0.2) is 0 Å². The zero-order valence-corrected chi connectivity index (χ0v) is 10.6. The topological polar surface area (TPSA) is 12.0 Å². The van der Waals surface area contributed by atoms with Gasteiger partial charge in [-0.2, -0.15) is 0 Å². The lowest BCUT2D eigenvalue weighted by Gasteiger charge is -2.13. The van der Waals surface area contributed by atoms with Crippen molar-refractivity contribution in [2.75, 3.05) is 0 Å². The lowest BCUT2D eigenvalue weighted by atomic mass is 10.1. The smallest absolute Gasteiger partial charge is 0.0341 e. The normalized spacial score (nSPS) is 23.4. The van der Waals surface area contributed by atoms with Crippen LogP contribution in [-0.4, -0.2) is 6.04 Å². The van der Waals surface area contributed by atoms with Crippen LogP contribution >= 0.6 is 0 Å². The molecule has 1 aliphatic rings. The average molecular weight is 227 g/mol. The van der Waals surface area contributed by atoms with Crippen LogP contribution in [0.4, 0.5) is 0 Å². The van der Waals surface area contributed by atoms with Gasteiger partial charge in [-0.1, -0.05) is 44.0 Å². The zero-order chi connectivity index (χ0) is 12.7. The summed E-state index contributed by atoms with van der Waals surface area (Å²) in [5.41, 5.74) is 3.61. The van der Waals surface area contributed by atoms with Gasteiger partial charge < -0.3 is 5.32 Å². The fourth-order valence-corrected chi connectivity index (χ4v) is 2.03. The van der Waals surface area contributed by atoms with Gasteiger partial charge >= 0.3 is 0 Å². The SMILES string of the molecule is C=C/C=C1/CC(NC(/C=C\C)=C/C=C)CC1=C. The molecule has 0 spiro atoms. The molecule has 1 atom stereocenters. The highest BCUT2D eigenvalue weighted by Gasteiger charge is 2.21. The van der Waals surface area contributed by atoms with Crippen molar-refractivity contribution in [1.29, 1.82) is 0 Å². The Bertz CT molecular complexity index is 394. The van der Waals surface area contributed by atoms with Gasteiger partial charge in [0.1, 0.15) is 0 Å². The third-order valence-electron chi connectivity index (χ3n) is 2.75. The Labute approximate surface area is 105 Å². The van der Waals surface area contributed by atoms with Crippen molar-refractivity contribution in [1.82, 2.24) is 5.32 Å². The number of rotatable bonds is 5. The summed E-state index contributed by atoms with van der Waals surface area (Å²) in [6.07, 6.45) is 13.7. The number of hydrogen-bond donors (Lipinski definition) is 1. The summed E-state index contributed by atoms with van der Waals surface area (Å²) in [6.45, 7) is 13.6. The molecule has 0 aromatic heterocycles. The van der Waals surface area contributed by atoms with Crippen LogP contribution in [0, 0.1) is 0 Å². The van der Waals surface area contributed by atoms with Crippen LogP contribution in [0.3, 0.4) is 0 Å². The molecule has 1 heteroatoms. The molecule has 1 aliphatic carbocycles. The summed E-state index contributed by atoms with van der Waals surface area (Å²) < 4.78 is 0. The Balaban J connectivity index is 2.68. The maximum atomic E-state index is 4.09. The van der Waals surface area contributed by atoms with Gasteiger partial charge in [-0.05, 0) is 43.1 Å². The molecule has 0 aromatic carbocycles. The lowest BCUT2D eigenvalue weighted by Crippen LogP contribution is -2.24. The molecule has 1 N–H and O–H groups in total. The van der Waals surface area contributed by atoms with E-state index in [-0.39, 0.29) is 0 Å². The fourth-order valence-electron chi connectivity index (χ4n) is 2.03. The summed E-state index contributed by atoms with van der Waals surface area (Å²) in [4.78, 5) is 0. The first-order valence-corrected chi connectivity index (χ1v) is 5.93. The van der Waals surface area contributed by atoms with Crippen LogP contribution in [0.2, 0.25) is 0 Å². The molecule has 0 heterocycles.